The zero-order valence-corrected chi connectivity index (χ0v) is 39.1. The largest absolute Gasteiger partial charge is 0.494 e. The summed E-state index contributed by atoms with van der Waals surface area (Å²) < 4.78 is 7.70. The fourth-order valence-corrected chi connectivity index (χ4v) is 13.1. The maximum absolute atomic E-state index is 14.1. The predicted molar refractivity (Wildman–Crippen MR) is 259 cm³/mol. The van der Waals surface area contributed by atoms with Crippen molar-refractivity contribution in [3.63, 3.8) is 0 Å². The molecule has 4 aromatic rings. The molecule has 12 heteroatoms. The lowest BCUT2D eigenvalue weighted by molar-refractivity contribution is -0.130. The SMILES string of the molecule is CCCCCCCCCC[C@H](C[C@@H]1CNCCN1c1ccc(Nc2ncnc3c2c(C)cc(=O)n3-c2ccccc2[C@@H]2C[C@H]2C(N)=O)c(OC)c1)NC(=O)CC12CC3CC(CC(C3)C1)C2. The number of fused-ring (bicyclic) bond motifs is 1. The van der Waals surface area contributed by atoms with Crippen molar-refractivity contribution in [2.24, 2.45) is 34.8 Å². The van der Waals surface area contributed by atoms with E-state index in [1.165, 1.54) is 89.8 Å². The first-order chi connectivity index (χ1) is 31.6. The molecule has 4 bridgehead atoms. The van der Waals surface area contributed by atoms with Crippen molar-refractivity contribution in [1.29, 1.82) is 0 Å². The number of benzene rings is 2. The van der Waals surface area contributed by atoms with Gasteiger partial charge in [-0.3, -0.25) is 19.0 Å². The molecular formula is C53H72N8O4. The summed E-state index contributed by atoms with van der Waals surface area (Å²) in [7, 11) is 1.69. The molecule has 65 heavy (non-hydrogen) atoms. The van der Waals surface area contributed by atoms with Gasteiger partial charge in [-0.25, -0.2) is 9.97 Å². The van der Waals surface area contributed by atoms with E-state index in [2.05, 4.69) is 44.9 Å². The Hall–Kier alpha value is -4.97. The molecule has 6 aliphatic rings. The zero-order chi connectivity index (χ0) is 45.1. The Labute approximate surface area is 385 Å². The van der Waals surface area contributed by atoms with E-state index in [4.69, 9.17) is 15.5 Å². The Morgan fingerprint density at radius 1 is 0.938 bits per heavy atom. The molecule has 348 valence electrons. The number of carbonyl (C=O) groups is 2. The van der Waals surface area contributed by atoms with E-state index in [0.29, 0.717) is 41.1 Å². The molecule has 0 radical (unpaired) electrons. The molecule has 0 spiro atoms. The smallest absolute Gasteiger partial charge is 0.257 e. The highest BCUT2D eigenvalue weighted by Crippen LogP contribution is 2.61. The molecule has 1 aliphatic heterocycles. The molecule has 12 nitrogen and oxygen atoms in total. The maximum Gasteiger partial charge on any atom is 0.257 e. The lowest BCUT2D eigenvalue weighted by Crippen LogP contribution is -2.54. The second-order valence-electron chi connectivity index (χ2n) is 20.8. The number of primary amides is 1. The van der Waals surface area contributed by atoms with Crippen LogP contribution in [0.15, 0.2) is 59.7 Å². The normalized spacial score (nSPS) is 26.0. The van der Waals surface area contributed by atoms with Crippen molar-refractivity contribution < 1.29 is 14.3 Å². The van der Waals surface area contributed by atoms with Crippen molar-refractivity contribution in [2.75, 3.05) is 37.0 Å². The van der Waals surface area contributed by atoms with E-state index in [9.17, 15) is 14.4 Å². The van der Waals surface area contributed by atoms with E-state index in [-0.39, 0.29) is 46.7 Å². The van der Waals surface area contributed by atoms with E-state index in [1.54, 1.807) is 17.7 Å². The van der Waals surface area contributed by atoms with Crippen LogP contribution in [-0.4, -0.2) is 65.2 Å². The number of carbonyl (C=O) groups excluding carboxylic acids is 2. The van der Waals surface area contributed by atoms with Crippen LogP contribution >= 0.6 is 0 Å². The quantitative estimate of drug-likeness (QED) is 0.0600. The van der Waals surface area contributed by atoms with Gasteiger partial charge in [0, 0.05) is 61.9 Å². The van der Waals surface area contributed by atoms with E-state index in [1.807, 2.05) is 37.3 Å². The molecule has 3 heterocycles. The van der Waals surface area contributed by atoms with Gasteiger partial charge in [0.2, 0.25) is 11.8 Å². The number of nitrogens with one attached hydrogen (secondary N) is 3. The fourth-order valence-electron chi connectivity index (χ4n) is 13.1. The average Bonchev–Trinajstić information content (AvgIpc) is 4.09. The number of ether oxygens (including phenoxy) is 1. The predicted octanol–water partition coefficient (Wildman–Crippen LogP) is 9.22. The van der Waals surface area contributed by atoms with Gasteiger partial charge >= 0.3 is 0 Å². The van der Waals surface area contributed by atoms with Gasteiger partial charge in [-0.05, 0) is 123 Å². The van der Waals surface area contributed by atoms with Crippen LogP contribution < -0.4 is 36.9 Å². The summed E-state index contributed by atoms with van der Waals surface area (Å²) in [6.07, 6.45) is 22.9. The third-order valence-corrected chi connectivity index (χ3v) is 15.9. The van der Waals surface area contributed by atoms with E-state index >= 15 is 0 Å². The number of anilines is 3. The van der Waals surface area contributed by atoms with Crippen LogP contribution in [0.3, 0.4) is 0 Å². The summed E-state index contributed by atoms with van der Waals surface area (Å²) in [4.78, 5) is 51.8. The lowest BCUT2D eigenvalue weighted by atomic mass is 9.49. The first-order valence-electron chi connectivity index (χ1n) is 25.1. The third-order valence-electron chi connectivity index (χ3n) is 15.9. The van der Waals surface area contributed by atoms with Gasteiger partial charge in [-0.15, -0.1) is 0 Å². The number of nitrogens with zero attached hydrogens (tertiary/aromatic N) is 4. The Balaban J connectivity index is 0.928. The second-order valence-corrected chi connectivity index (χ2v) is 20.8. The number of para-hydroxylation sites is 1. The van der Waals surface area contributed by atoms with E-state index < -0.39 is 0 Å². The van der Waals surface area contributed by atoms with Crippen molar-refractivity contribution in [3.8, 4) is 11.4 Å². The average molecular weight is 885 g/mol. The molecule has 5 aliphatic carbocycles. The fraction of sp³-hybridized carbons (Fsp3) is 0.604. The van der Waals surface area contributed by atoms with Crippen molar-refractivity contribution in [2.45, 2.75) is 147 Å². The van der Waals surface area contributed by atoms with Crippen molar-refractivity contribution >= 4 is 40.0 Å². The number of hydrogen-bond acceptors (Lipinski definition) is 9. The Kier molecular flexibility index (Phi) is 13.8. The van der Waals surface area contributed by atoms with Crippen LogP contribution in [0.1, 0.15) is 140 Å². The second kappa shape index (κ2) is 19.9. The molecule has 2 aromatic carbocycles. The summed E-state index contributed by atoms with van der Waals surface area (Å²) >= 11 is 0. The maximum atomic E-state index is 14.1. The molecule has 6 fully saturated rings. The van der Waals surface area contributed by atoms with Gasteiger partial charge < -0.3 is 31.3 Å². The lowest BCUT2D eigenvalue weighted by Gasteiger charge is -2.56. The first-order valence-corrected chi connectivity index (χ1v) is 25.1. The highest BCUT2D eigenvalue weighted by atomic mass is 16.5. The number of pyridine rings is 1. The first kappa shape index (κ1) is 45.2. The van der Waals surface area contributed by atoms with Gasteiger partial charge in [0.25, 0.3) is 5.56 Å². The number of nitrogens with two attached hydrogens (primary N) is 1. The molecular weight excluding hydrogens is 813 g/mol. The molecule has 10 rings (SSSR count). The van der Waals surface area contributed by atoms with Crippen LogP contribution in [-0.2, 0) is 9.59 Å². The molecule has 1 saturated heterocycles. The van der Waals surface area contributed by atoms with Crippen molar-refractivity contribution in [1.82, 2.24) is 25.2 Å². The summed E-state index contributed by atoms with van der Waals surface area (Å²) in [6.45, 7) is 6.75. The number of hydrogen-bond donors (Lipinski definition) is 4. The molecule has 2 aromatic heterocycles. The highest BCUT2D eigenvalue weighted by Gasteiger charge is 2.51. The van der Waals surface area contributed by atoms with E-state index in [0.717, 1.165) is 79.2 Å². The van der Waals surface area contributed by atoms with Crippen molar-refractivity contribution in [3.05, 3.63) is 76.3 Å². The van der Waals surface area contributed by atoms with Gasteiger partial charge in [-0.1, -0.05) is 76.5 Å². The number of aromatic nitrogens is 3. The number of piperazine rings is 1. The monoisotopic (exact) mass is 885 g/mol. The number of aryl methyl sites for hydroxylation is 1. The van der Waals surface area contributed by atoms with Gasteiger partial charge in [0.15, 0.2) is 5.65 Å². The minimum atomic E-state index is -0.323. The molecule has 2 amide bonds. The minimum absolute atomic E-state index is 0.0416. The zero-order valence-electron chi connectivity index (χ0n) is 39.1. The molecule has 4 atom stereocenters. The Morgan fingerprint density at radius 3 is 2.37 bits per heavy atom. The van der Waals surface area contributed by atoms with Crippen LogP contribution in [0.25, 0.3) is 16.7 Å². The number of methoxy groups -OCH3 is 1. The van der Waals surface area contributed by atoms with Crippen LogP contribution in [0, 0.1) is 36.0 Å². The Bertz CT molecular complexity index is 2360. The van der Waals surface area contributed by atoms with Gasteiger partial charge in [-0.2, -0.15) is 0 Å². The minimum Gasteiger partial charge on any atom is -0.494 e. The summed E-state index contributed by atoms with van der Waals surface area (Å²) in [6, 6.07) is 15.9. The summed E-state index contributed by atoms with van der Waals surface area (Å²) in [5.41, 5.74) is 10.3. The molecule has 0 unspecified atom stereocenters. The molecule has 5 N–H and O–H groups in total. The van der Waals surface area contributed by atoms with Crippen LogP contribution in [0.4, 0.5) is 17.2 Å². The highest BCUT2D eigenvalue weighted by molar-refractivity contribution is 5.93. The molecule has 5 saturated carbocycles. The van der Waals surface area contributed by atoms with Gasteiger partial charge in [0.1, 0.15) is 17.9 Å². The number of rotatable bonds is 21. The number of amides is 2. The Morgan fingerprint density at radius 2 is 1.66 bits per heavy atom. The standard InChI is InChI=1S/C53H72N8O4/c1-4-5-6-7-8-9-10-11-14-38(58-47(62)31-53-28-35-22-36(29-53)24-37(23-35)30-53)25-40-32-55-19-20-60(40)39-17-18-44(46(26-39)65-3)59-51-49-34(2)21-48(63)61(52(49)57-33-56-51)45-16-13-12-15-41(45)42-27-43(42)50(54)64/h12-13,15-18,21,26,33,35-38,40,42-43,55H,4-11,14,19-20,22-25,27-32H2,1-3H3,(H2,54,64)(H,58,62)(H,56,57,59)/t35?,36?,37?,38-,40-,42+,43-,53?/m1/s1. The van der Waals surface area contributed by atoms with Crippen LogP contribution in [0.2, 0.25) is 0 Å². The topological polar surface area (TPSA) is 156 Å². The number of unbranched alkanes of at least 4 members (excludes halogenated alkanes) is 7. The summed E-state index contributed by atoms with van der Waals surface area (Å²) in [5, 5.41) is 11.6. The van der Waals surface area contributed by atoms with Crippen LogP contribution in [0.5, 0.6) is 5.75 Å². The van der Waals surface area contributed by atoms with Gasteiger partial charge in [0.05, 0.1) is 23.9 Å². The summed E-state index contributed by atoms with van der Waals surface area (Å²) in [5.74, 6) is 3.41. The third kappa shape index (κ3) is 10.1.